The number of fused-ring (bicyclic) bond motifs is 4. The predicted molar refractivity (Wildman–Crippen MR) is 256 cm³/mol. The lowest BCUT2D eigenvalue weighted by Crippen LogP contribution is -2.35. The molecule has 0 spiro atoms. The third kappa shape index (κ3) is 15.3. The molecule has 8 rings (SSSR count). The maximum atomic E-state index is 12.3. The standard InChI is InChI=1S/C11H12F3NO5S2.C11H15N3O3S.C11H12N2O2S.C10H13NO3S/c1-21(16,17)15-5-4-8-6-10(3-2-9(8)7-15)20-22(18,19)11(12,13)14;1-18(16,17)14-5-4-8-6-9(11(12)13-15)2-3-10(8)7-14;1-16(14,15)13-5-4-10-6-9(7-12)2-3-11(10)8-13;1-15(13,14)11-5-4-8-6-10(12)3-2-9(8)7-11/h2-3,6H,4-5,7H2,1H3;2-3,6,15H,4-5,7H2,1H3,(H2,12,13);2-3,6H,4-5,8H2,1H3;2-3,6,12H,4-5,7H2,1H3. The lowest BCUT2D eigenvalue weighted by Gasteiger charge is -2.27. The Morgan fingerprint density at radius 3 is 1.34 bits per heavy atom. The Balaban J connectivity index is 0.000000178. The normalized spacial score (nSPS) is 17.1. The molecule has 0 aliphatic carbocycles. The first-order valence-electron chi connectivity index (χ1n) is 21.1. The average Bonchev–Trinajstić information content (AvgIpc) is 3.29. The molecule has 0 amide bonds. The zero-order valence-corrected chi connectivity index (χ0v) is 42.8. The summed E-state index contributed by atoms with van der Waals surface area (Å²) in [6.07, 6.45) is 6.95. The number of halogens is 3. The van der Waals surface area contributed by atoms with E-state index in [1.165, 1.54) is 48.1 Å². The molecule has 4 aliphatic heterocycles. The molecular formula is C43H52F3N7O13S5. The van der Waals surface area contributed by atoms with Gasteiger partial charge in [0.15, 0.2) is 5.84 Å². The fraction of sp³-hybridized carbons (Fsp3) is 0.395. The number of amidine groups is 1. The molecule has 4 aromatic carbocycles. The predicted octanol–water partition coefficient (Wildman–Crippen LogP) is 2.92. The zero-order chi connectivity index (χ0) is 52.9. The quantitative estimate of drug-likeness (QED) is 0.0599. The maximum Gasteiger partial charge on any atom is 0.534 e. The lowest BCUT2D eigenvalue weighted by molar-refractivity contribution is -0.0500. The van der Waals surface area contributed by atoms with E-state index in [1.54, 1.807) is 30.3 Å². The van der Waals surface area contributed by atoms with Crippen molar-refractivity contribution in [3.63, 3.8) is 0 Å². The fourth-order valence-electron chi connectivity index (χ4n) is 7.72. The van der Waals surface area contributed by atoms with Gasteiger partial charge in [0.25, 0.3) is 0 Å². The number of rotatable bonds is 7. The summed E-state index contributed by atoms with van der Waals surface area (Å²) in [5.41, 5.74) is 8.52. The molecule has 28 heteroatoms. The summed E-state index contributed by atoms with van der Waals surface area (Å²) < 4.78 is 160. The number of phenols is 1. The molecule has 388 valence electrons. The van der Waals surface area contributed by atoms with Crippen molar-refractivity contribution in [3.05, 3.63) is 128 Å². The van der Waals surface area contributed by atoms with Crippen molar-refractivity contribution in [1.82, 2.24) is 17.2 Å². The van der Waals surface area contributed by atoms with Crippen molar-refractivity contribution in [2.24, 2.45) is 10.9 Å². The third-order valence-electron chi connectivity index (χ3n) is 11.6. The molecule has 0 saturated heterocycles. The van der Waals surface area contributed by atoms with Crippen LogP contribution >= 0.6 is 0 Å². The summed E-state index contributed by atoms with van der Waals surface area (Å²) in [4.78, 5) is 0. The summed E-state index contributed by atoms with van der Waals surface area (Å²) in [7, 11) is -18.5. The van der Waals surface area contributed by atoms with E-state index >= 15 is 0 Å². The Hall–Kier alpha value is -5.38. The molecule has 0 radical (unpaired) electrons. The van der Waals surface area contributed by atoms with Crippen LogP contribution in [0.3, 0.4) is 0 Å². The van der Waals surface area contributed by atoms with Gasteiger partial charge in [0.05, 0.1) is 36.7 Å². The van der Waals surface area contributed by atoms with E-state index in [9.17, 15) is 60.4 Å². The average molecular weight is 1090 g/mol. The highest BCUT2D eigenvalue weighted by Crippen LogP contribution is 2.31. The zero-order valence-electron chi connectivity index (χ0n) is 38.7. The second-order valence-electron chi connectivity index (χ2n) is 16.8. The smallest absolute Gasteiger partial charge is 0.508 e. The molecular weight excluding hydrogens is 1040 g/mol. The van der Waals surface area contributed by atoms with Crippen LogP contribution in [0.4, 0.5) is 13.2 Å². The van der Waals surface area contributed by atoms with Gasteiger partial charge >= 0.3 is 15.6 Å². The van der Waals surface area contributed by atoms with Crippen molar-refractivity contribution >= 4 is 56.0 Å². The van der Waals surface area contributed by atoms with Gasteiger partial charge in [0, 0.05) is 57.9 Å². The van der Waals surface area contributed by atoms with E-state index < -0.39 is 61.5 Å². The topological polar surface area (TPSA) is 296 Å². The van der Waals surface area contributed by atoms with Crippen LogP contribution in [0.25, 0.3) is 0 Å². The van der Waals surface area contributed by atoms with Crippen LogP contribution in [0.1, 0.15) is 55.6 Å². The van der Waals surface area contributed by atoms with Crippen LogP contribution in [0.2, 0.25) is 0 Å². The van der Waals surface area contributed by atoms with Crippen molar-refractivity contribution in [1.29, 1.82) is 5.26 Å². The Bertz CT molecular complexity index is 3300. The number of phenolic OH excluding ortho intramolecular Hbond substituents is 1. The highest BCUT2D eigenvalue weighted by Gasteiger charge is 2.48. The first kappa shape index (κ1) is 56.5. The second kappa shape index (κ2) is 22.2. The van der Waals surface area contributed by atoms with E-state index in [1.807, 2.05) is 24.3 Å². The number of alkyl halides is 3. The minimum Gasteiger partial charge on any atom is -0.508 e. The van der Waals surface area contributed by atoms with Crippen molar-refractivity contribution in [2.45, 2.75) is 57.4 Å². The number of oxime groups is 1. The van der Waals surface area contributed by atoms with E-state index in [2.05, 4.69) is 15.4 Å². The van der Waals surface area contributed by atoms with Crippen molar-refractivity contribution < 1.29 is 69.8 Å². The molecule has 0 bridgehead atoms. The van der Waals surface area contributed by atoms with Crippen LogP contribution in [0.15, 0.2) is 78.0 Å². The summed E-state index contributed by atoms with van der Waals surface area (Å²) in [5, 5.41) is 29.6. The van der Waals surface area contributed by atoms with Gasteiger partial charge in [0.2, 0.25) is 40.1 Å². The Labute approximate surface area is 411 Å². The number of nitrogens with zero attached hydrogens (tertiary/aromatic N) is 6. The molecule has 0 aromatic heterocycles. The number of nitrogens with two attached hydrogens (primary N) is 1. The summed E-state index contributed by atoms with van der Waals surface area (Å²) in [6, 6.07) is 21.5. The molecule has 0 saturated carbocycles. The number of hydrogen-bond acceptors (Lipinski definition) is 15. The highest BCUT2D eigenvalue weighted by molar-refractivity contribution is 7.89. The number of aromatic hydroxyl groups is 1. The molecule has 0 unspecified atom stereocenters. The molecule has 4 N–H and O–H groups in total. The molecule has 20 nitrogen and oxygen atoms in total. The van der Waals surface area contributed by atoms with Crippen molar-refractivity contribution in [3.8, 4) is 17.6 Å². The second-order valence-corrected chi connectivity index (χ2v) is 26.3. The van der Waals surface area contributed by atoms with Crippen LogP contribution in [0.5, 0.6) is 11.5 Å². The molecule has 4 aromatic rings. The van der Waals surface area contributed by atoms with Crippen LogP contribution in [0, 0.1) is 11.3 Å². The molecule has 71 heavy (non-hydrogen) atoms. The molecule has 4 heterocycles. The monoisotopic (exact) mass is 1090 g/mol. The van der Waals surface area contributed by atoms with Crippen LogP contribution in [-0.2, 0) is 102 Å². The van der Waals surface area contributed by atoms with Gasteiger partial charge in [-0.25, -0.2) is 33.7 Å². The molecule has 0 atom stereocenters. The Morgan fingerprint density at radius 1 is 0.577 bits per heavy atom. The van der Waals surface area contributed by atoms with E-state index in [-0.39, 0.29) is 31.1 Å². The van der Waals surface area contributed by atoms with Gasteiger partial charge in [-0.3, -0.25) is 0 Å². The third-order valence-corrected chi connectivity index (χ3v) is 17.6. The van der Waals surface area contributed by atoms with Crippen LogP contribution < -0.4 is 9.92 Å². The highest BCUT2D eigenvalue weighted by atomic mass is 32.2. The SMILES string of the molecule is CS(=O)(=O)N1CCc2cc(/C(N)=N/O)ccc2C1.CS(=O)(=O)N1CCc2cc(C#N)ccc2C1.CS(=O)(=O)N1CCc2cc(O)ccc2C1.CS(=O)(=O)N1CCc2cc(OS(=O)(=O)C(F)(F)F)ccc2C1. The number of nitriles is 1. The summed E-state index contributed by atoms with van der Waals surface area (Å²) >= 11 is 0. The van der Waals surface area contributed by atoms with Crippen LogP contribution in [-0.4, -0.2) is 132 Å². The first-order valence-corrected chi connectivity index (χ1v) is 29.9. The van der Waals surface area contributed by atoms with E-state index in [4.69, 9.17) is 16.2 Å². The van der Waals surface area contributed by atoms with Gasteiger partial charge in [-0.15, -0.1) is 0 Å². The molecule has 0 fully saturated rings. The minimum atomic E-state index is -5.72. The van der Waals surface area contributed by atoms with Gasteiger partial charge in [0.1, 0.15) is 11.5 Å². The number of sulfonamides is 4. The van der Waals surface area contributed by atoms with Gasteiger partial charge in [-0.2, -0.15) is 44.1 Å². The minimum absolute atomic E-state index is 0.0587. The van der Waals surface area contributed by atoms with E-state index in [0.29, 0.717) is 80.8 Å². The van der Waals surface area contributed by atoms with Gasteiger partial charge in [-0.05, 0) is 113 Å². The fourth-order valence-corrected chi connectivity index (χ4v) is 11.4. The largest absolute Gasteiger partial charge is 0.534 e. The Kier molecular flexibility index (Phi) is 17.7. The lowest BCUT2D eigenvalue weighted by atomic mass is 9.98. The number of hydrogen-bond donors (Lipinski definition) is 3. The first-order chi connectivity index (χ1) is 32.8. The van der Waals surface area contributed by atoms with Gasteiger partial charge in [-0.1, -0.05) is 35.5 Å². The van der Waals surface area contributed by atoms with Gasteiger partial charge < -0.3 is 20.2 Å². The number of benzene rings is 4. The van der Waals surface area contributed by atoms with E-state index in [0.717, 1.165) is 45.7 Å². The maximum absolute atomic E-state index is 12.3. The molecule has 4 aliphatic rings. The summed E-state index contributed by atoms with van der Waals surface area (Å²) in [5.74, 6) is -0.159. The Morgan fingerprint density at radius 2 is 0.944 bits per heavy atom. The van der Waals surface area contributed by atoms with Crippen molar-refractivity contribution in [2.75, 3.05) is 51.2 Å². The summed E-state index contributed by atoms with van der Waals surface area (Å²) in [6.45, 7) is 2.92.